The first-order valence-corrected chi connectivity index (χ1v) is 6.84. The summed E-state index contributed by atoms with van der Waals surface area (Å²) < 4.78 is 0. The van der Waals surface area contributed by atoms with Crippen molar-refractivity contribution in [2.24, 2.45) is 5.92 Å². The van der Waals surface area contributed by atoms with Gasteiger partial charge in [0, 0.05) is 25.8 Å². The third-order valence-electron chi connectivity index (χ3n) is 3.66. The zero-order valence-electron chi connectivity index (χ0n) is 11.4. The Morgan fingerprint density at radius 1 is 1.42 bits per heavy atom. The fourth-order valence-electron chi connectivity index (χ4n) is 2.48. The van der Waals surface area contributed by atoms with Crippen LogP contribution in [-0.2, 0) is 4.79 Å². The van der Waals surface area contributed by atoms with E-state index in [4.69, 9.17) is 0 Å². The van der Waals surface area contributed by atoms with Crippen molar-refractivity contribution < 1.29 is 9.90 Å². The number of piperidine rings is 1. The number of amides is 1. The lowest BCUT2D eigenvalue weighted by Gasteiger charge is -2.31. The Morgan fingerprint density at radius 2 is 2.16 bits per heavy atom. The number of likely N-dealkylation sites (tertiary alicyclic amines) is 1. The molecule has 1 saturated heterocycles. The summed E-state index contributed by atoms with van der Waals surface area (Å²) >= 11 is 0. The fourth-order valence-corrected chi connectivity index (χ4v) is 2.48. The number of hydrogen-bond donors (Lipinski definition) is 1. The van der Waals surface area contributed by atoms with Crippen LogP contribution in [-0.4, -0.2) is 35.6 Å². The van der Waals surface area contributed by atoms with Crippen molar-refractivity contribution >= 4 is 11.5 Å². The van der Waals surface area contributed by atoms with E-state index in [0.717, 1.165) is 30.5 Å². The third-order valence-corrected chi connectivity index (χ3v) is 3.66. The van der Waals surface area contributed by atoms with Gasteiger partial charge in [0.1, 0.15) is 0 Å². The first-order chi connectivity index (χ1) is 9.20. The molecule has 1 aliphatic rings. The van der Waals surface area contributed by atoms with Gasteiger partial charge in [-0.3, -0.25) is 4.79 Å². The second-order valence-electron chi connectivity index (χ2n) is 5.17. The second-order valence-corrected chi connectivity index (χ2v) is 5.17. The van der Waals surface area contributed by atoms with E-state index in [0.29, 0.717) is 6.54 Å². The van der Waals surface area contributed by atoms with E-state index < -0.39 is 0 Å². The highest BCUT2D eigenvalue weighted by Gasteiger charge is 2.21. The molecular formula is C16H21NO2. The van der Waals surface area contributed by atoms with Gasteiger partial charge in [-0.1, -0.05) is 30.3 Å². The predicted molar refractivity (Wildman–Crippen MR) is 76.5 cm³/mol. The zero-order chi connectivity index (χ0) is 13.7. The number of benzene rings is 1. The van der Waals surface area contributed by atoms with Gasteiger partial charge in [-0.15, -0.1) is 0 Å². The highest BCUT2D eigenvalue weighted by molar-refractivity contribution is 5.94. The van der Waals surface area contributed by atoms with Crippen LogP contribution in [0.4, 0.5) is 0 Å². The number of hydrogen-bond acceptors (Lipinski definition) is 2. The molecule has 1 unspecified atom stereocenters. The summed E-state index contributed by atoms with van der Waals surface area (Å²) in [6, 6.07) is 9.92. The third kappa shape index (κ3) is 3.67. The van der Waals surface area contributed by atoms with E-state index in [1.165, 1.54) is 0 Å². The Morgan fingerprint density at radius 3 is 2.84 bits per heavy atom. The molecule has 19 heavy (non-hydrogen) atoms. The van der Waals surface area contributed by atoms with E-state index in [1.807, 2.05) is 42.2 Å². The molecule has 3 heteroatoms. The summed E-state index contributed by atoms with van der Waals surface area (Å²) in [6.07, 6.45) is 3.70. The Labute approximate surface area is 114 Å². The molecule has 1 aromatic rings. The average molecular weight is 259 g/mol. The SMILES string of the molecule is C/C(=C\C(=O)N1CCCC(CO)C1)c1ccccc1. The Kier molecular flexibility index (Phi) is 4.74. The molecule has 102 valence electrons. The molecule has 1 fully saturated rings. The Balaban J connectivity index is 2.04. The van der Waals surface area contributed by atoms with Crippen LogP contribution in [0, 0.1) is 5.92 Å². The van der Waals surface area contributed by atoms with Gasteiger partial charge in [0.15, 0.2) is 0 Å². The minimum atomic E-state index is 0.0551. The van der Waals surface area contributed by atoms with Crippen LogP contribution in [0.25, 0.3) is 5.57 Å². The number of carbonyl (C=O) groups is 1. The van der Waals surface area contributed by atoms with Gasteiger partial charge in [-0.2, -0.15) is 0 Å². The number of aliphatic hydroxyl groups excluding tert-OH is 1. The molecule has 1 atom stereocenters. The average Bonchev–Trinajstić information content (AvgIpc) is 2.48. The molecule has 0 saturated carbocycles. The fraction of sp³-hybridized carbons (Fsp3) is 0.438. The summed E-state index contributed by atoms with van der Waals surface area (Å²) in [5.41, 5.74) is 2.06. The topological polar surface area (TPSA) is 40.5 Å². The molecular weight excluding hydrogens is 238 g/mol. The van der Waals surface area contributed by atoms with Gasteiger partial charge in [0.25, 0.3) is 0 Å². The van der Waals surface area contributed by atoms with Crippen LogP contribution in [0.5, 0.6) is 0 Å². The van der Waals surface area contributed by atoms with Crippen molar-refractivity contribution in [1.29, 1.82) is 0 Å². The second kappa shape index (κ2) is 6.53. The predicted octanol–water partition coefficient (Wildman–Crippen LogP) is 2.32. The molecule has 0 aromatic heterocycles. The maximum atomic E-state index is 12.2. The summed E-state index contributed by atoms with van der Waals surface area (Å²) in [6.45, 7) is 3.60. The molecule has 0 spiro atoms. The van der Waals surface area contributed by atoms with Crippen molar-refractivity contribution in [2.45, 2.75) is 19.8 Å². The van der Waals surface area contributed by atoms with Gasteiger partial charge in [0.05, 0.1) is 0 Å². The molecule has 1 aliphatic heterocycles. The number of allylic oxidation sites excluding steroid dienone is 1. The van der Waals surface area contributed by atoms with Crippen LogP contribution in [0.3, 0.4) is 0 Å². The Bertz CT molecular complexity index is 453. The summed E-state index contributed by atoms with van der Waals surface area (Å²) in [5.74, 6) is 0.294. The maximum Gasteiger partial charge on any atom is 0.246 e. The monoisotopic (exact) mass is 259 g/mol. The van der Waals surface area contributed by atoms with Crippen LogP contribution in [0.1, 0.15) is 25.3 Å². The lowest BCUT2D eigenvalue weighted by Crippen LogP contribution is -2.40. The standard InChI is InChI=1S/C16H21NO2/c1-13(15-7-3-2-4-8-15)10-16(19)17-9-5-6-14(11-17)12-18/h2-4,7-8,10,14,18H,5-6,9,11-12H2,1H3/b13-10+. The quantitative estimate of drug-likeness (QED) is 0.846. The molecule has 1 heterocycles. The van der Waals surface area contributed by atoms with Crippen molar-refractivity contribution in [3.05, 3.63) is 42.0 Å². The lowest BCUT2D eigenvalue weighted by molar-refractivity contribution is -0.128. The molecule has 1 aromatic carbocycles. The summed E-state index contributed by atoms with van der Waals surface area (Å²) in [5, 5.41) is 9.20. The number of carbonyl (C=O) groups excluding carboxylic acids is 1. The zero-order valence-corrected chi connectivity index (χ0v) is 11.4. The normalized spacial score (nSPS) is 20.4. The smallest absolute Gasteiger partial charge is 0.246 e. The van der Waals surface area contributed by atoms with Crippen molar-refractivity contribution in [3.8, 4) is 0 Å². The van der Waals surface area contributed by atoms with E-state index in [2.05, 4.69) is 0 Å². The number of nitrogens with zero attached hydrogens (tertiary/aromatic N) is 1. The van der Waals surface area contributed by atoms with Crippen LogP contribution < -0.4 is 0 Å². The van der Waals surface area contributed by atoms with Crippen LogP contribution in [0.15, 0.2) is 36.4 Å². The van der Waals surface area contributed by atoms with Crippen molar-refractivity contribution in [1.82, 2.24) is 4.90 Å². The first-order valence-electron chi connectivity index (χ1n) is 6.84. The molecule has 0 bridgehead atoms. The Hall–Kier alpha value is -1.61. The van der Waals surface area contributed by atoms with Crippen LogP contribution >= 0.6 is 0 Å². The molecule has 1 amide bonds. The number of aliphatic hydroxyl groups is 1. The maximum absolute atomic E-state index is 12.2. The molecule has 1 N–H and O–H groups in total. The molecule has 2 rings (SSSR count). The van der Waals surface area contributed by atoms with E-state index >= 15 is 0 Å². The number of rotatable bonds is 3. The summed E-state index contributed by atoms with van der Waals surface area (Å²) in [7, 11) is 0. The molecule has 0 radical (unpaired) electrons. The minimum absolute atomic E-state index is 0.0551. The molecule has 0 aliphatic carbocycles. The van der Waals surface area contributed by atoms with Crippen LogP contribution in [0.2, 0.25) is 0 Å². The minimum Gasteiger partial charge on any atom is -0.396 e. The van der Waals surface area contributed by atoms with Gasteiger partial charge >= 0.3 is 0 Å². The van der Waals surface area contributed by atoms with E-state index in [1.54, 1.807) is 6.08 Å². The van der Waals surface area contributed by atoms with E-state index in [9.17, 15) is 9.90 Å². The summed E-state index contributed by atoms with van der Waals surface area (Å²) in [4.78, 5) is 14.1. The molecule has 3 nitrogen and oxygen atoms in total. The lowest BCUT2D eigenvalue weighted by atomic mass is 9.98. The van der Waals surface area contributed by atoms with E-state index in [-0.39, 0.29) is 18.4 Å². The highest BCUT2D eigenvalue weighted by Crippen LogP contribution is 2.18. The van der Waals surface area contributed by atoms with Gasteiger partial charge in [-0.05, 0) is 36.8 Å². The highest BCUT2D eigenvalue weighted by atomic mass is 16.3. The van der Waals surface area contributed by atoms with Gasteiger partial charge in [-0.25, -0.2) is 0 Å². The van der Waals surface area contributed by atoms with Gasteiger partial charge < -0.3 is 10.0 Å². The van der Waals surface area contributed by atoms with Gasteiger partial charge in [0.2, 0.25) is 5.91 Å². The largest absolute Gasteiger partial charge is 0.396 e. The van der Waals surface area contributed by atoms with Crippen molar-refractivity contribution in [2.75, 3.05) is 19.7 Å². The first kappa shape index (κ1) is 13.8. The van der Waals surface area contributed by atoms with Crippen molar-refractivity contribution in [3.63, 3.8) is 0 Å².